The molecule has 5 atom stereocenters. The van der Waals surface area contributed by atoms with Gasteiger partial charge in [0.05, 0.1) is 23.5 Å². The summed E-state index contributed by atoms with van der Waals surface area (Å²) >= 11 is 0. The molecule has 0 radical (unpaired) electrons. The van der Waals surface area contributed by atoms with Crippen molar-refractivity contribution in [2.24, 2.45) is 5.41 Å². The van der Waals surface area contributed by atoms with Crippen LogP contribution in [0.5, 0.6) is 0 Å². The molecule has 0 bridgehead atoms. The molecule has 15 heavy (non-hydrogen) atoms. The van der Waals surface area contributed by atoms with Gasteiger partial charge in [0, 0.05) is 0 Å². The predicted molar refractivity (Wildman–Crippen MR) is 49.0 cm³/mol. The van der Waals surface area contributed by atoms with Crippen LogP contribution in [0.3, 0.4) is 0 Å². The quantitative estimate of drug-likeness (QED) is 0.463. The number of epoxide rings is 1. The standard InChI is InChI=1S/C11H14O4/c1-9-5-10-4-7(13)14-11(10,8(9)15-9)3-2-6(10)12/h6,8,12H,2-5H2,1H3/t6-,8-,9-,10-,11+/m0/s1. The fourth-order valence-electron chi connectivity index (χ4n) is 4.44. The Morgan fingerprint density at radius 3 is 3.07 bits per heavy atom. The lowest BCUT2D eigenvalue weighted by atomic mass is 9.74. The maximum absolute atomic E-state index is 11.5. The van der Waals surface area contributed by atoms with Gasteiger partial charge in [0.1, 0.15) is 11.7 Å². The van der Waals surface area contributed by atoms with Gasteiger partial charge in [-0.15, -0.1) is 0 Å². The molecule has 0 unspecified atom stereocenters. The van der Waals surface area contributed by atoms with E-state index in [9.17, 15) is 9.90 Å². The Hall–Kier alpha value is -0.610. The predicted octanol–water partition coefficient (Wildman–Crippen LogP) is 0.374. The number of rotatable bonds is 0. The summed E-state index contributed by atoms with van der Waals surface area (Å²) in [6.45, 7) is 2.06. The van der Waals surface area contributed by atoms with Crippen molar-refractivity contribution in [3.63, 3.8) is 0 Å². The molecule has 4 fully saturated rings. The fraction of sp³-hybridized carbons (Fsp3) is 0.909. The Morgan fingerprint density at radius 2 is 2.33 bits per heavy atom. The van der Waals surface area contributed by atoms with Crippen LogP contribution < -0.4 is 0 Å². The monoisotopic (exact) mass is 210 g/mol. The van der Waals surface area contributed by atoms with Crippen molar-refractivity contribution in [2.75, 3.05) is 0 Å². The van der Waals surface area contributed by atoms with E-state index in [1.165, 1.54) is 0 Å². The number of aliphatic hydroxyl groups excluding tert-OH is 1. The summed E-state index contributed by atoms with van der Waals surface area (Å²) in [6.07, 6.45) is 2.30. The van der Waals surface area contributed by atoms with E-state index in [2.05, 4.69) is 6.92 Å². The van der Waals surface area contributed by atoms with Crippen molar-refractivity contribution in [2.45, 2.75) is 56.0 Å². The number of hydrogen-bond donors (Lipinski definition) is 1. The minimum Gasteiger partial charge on any atom is -0.455 e. The molecule has 2 saturated heterocycles. The lowest BCUT2D eigenvalue weighted by Crippen LogP contribution is -2.45. The molecule has 0 aromatic heterocycles. The zero-order chi connectivity index (χ0) is 10.5. The lowest BCUT2D eigenvalue weighted by molar-refractivity contribution is -0.153. The molecule has 2 heterocycles. The largest absolute Gasteiger partial charge is 0.455 e. The second-order valence-electron chi connectivity index (χ2n) is 5.74. The third kappa shape index (κ3) is 0.658. The highest BCUT2D eigenvalue weighted by molar-refractivity contribution is 5.76. The zero-order valence-electron chi connectivity index (χ0n) is 8.66. The van der Waals surface area contributed by atoms with Crippen LogP contribution in [0, 0.1) is 5.41 Å². The first-order valence-corrected chi connectivity index (χ1v) is 5.60. The van der Waals surface area contributed by atoms with Crippen LogP contribution in [0.1, 0.15) is 32.6 Å². The van der Waals surface area contributed by atoms with Crippen molar-refractivity contribution >= 4 is 5.97 Å². The topological polar surface area (TPSA) is 59.1 Å². The summed E-state index contributed by atoms with van der Waals surface area (Å²) in [5, 5.41) is 10.1. The van der Waals surface area contributed by atoms with Crippen LogP contribution in [0.2, 0.25) is 0 Å². The van der Waals surface area contributed by atoms with Crippen molar-refractivity contribution in [3.05, 3.63) is 0 Å². The highest BCUT2D eigenvalue weighted by Gasteiger charge is 2.86. The Kier molecular flexibility index (Phi) is 1.11. The highest BCUT2D eigenvalue weighted by atomic mass is 16.7. The Morgan fingerprint density at radius 1 is 1.53 bits per heavy atom. The first-order chi connectivity index (χ1) is 7.03. The normalized spacial score (nSPS) is 64.8. The molecule has 0 aromatic rings. The molecule has 2 saturated carbocycles. The summed E-state index contributed by atoms with van der Waals surface area (Å²) in [7, 11) is 0. The minimum absolute atomic E-state index is 0.0357. The molecular formula is C11H14O4. The van der Waals surface area contributed by atoms with Crippen LogP contribution in [0.4, 0.5) is 0 Å². The van der Waals surface area contributed by atoms with Crippen molar-refractivity contribution in [3.8, 4) is 0 Å². The number of aliphatic hydroxyl groups is 1. The van der Waals surface area contributed by atoms with Gasteiger partial charge >= 0.3 is 5.97 Å². The Labute approximate surface area is 87.5 Å². The number of fused-ring (bicyclic) bond motifs is 1. The maximum atomic E-state index is 11.5. The average Bonchev–Trinajstić information content (AvgIpc) is 2.51. The van der Waals surface area contributed by atoms with E-state index >= 15 is 0 Å². The third-order valence-electron chi connectivity index (χ3n) is 5.00. The summed E-state index contributed by atoms with van der Waals surface area (Å²) in [5.41, 5.74) is -0.956. The highest BCUT2D eigenvalue weighted by Crippen LogP contribution is 2.74. The first-order valence-electron chi connectivity index (χ1n) is 5.60. The van der Waals surface area contributed by atoms with E-state index in [-0.39, 0.29) is 23.1 Å². The molecule has 2 aliphatic carbocycles. The number of carbonyl (C=O) groups excluding carboxylic acids is 1. The van der Waals surface area contributed by atoms with Crippen LogP contribution >= 0.6 is 0 Å². The molecule has 82 valence electrons. The molecule has 4 rings (SSSR count). The summed E-state index contributed by atoms with van der Waals surface area (Å²) < 4.78 is 11.2. The number of carbonyl (C=O) groups is 1. The Balaban J connectivity index is 1.90. The van der Waals surface area contributed by atoms with Crippen LogP contribution in [-0.4, -0.2) is 34.5 Å². The SMILES string of the molecule is C[C@]12C[C@]34CC(=O)O[C@]3(CC[C@@H]4O)[C@H]1O2. The van der Waals surface area contributed by atoms with Gasteiger partial charge in [-0.1, -0.05) is 0 Å². The van der Waals surface area contributed by atoms with Gasteiger partial charge in [0.25, 0.3) is 0 Å². The summed E-state index contributed by atoms with van der Waals surface area (Å²) in [4.78, 5) is 11.5. The molecule has 4 heteroatoms. The van der Waals surface area contributed by atoms with Gasteiger partial charge in [-0.05, 0) is 26.2 Å². The summed E-state index contributed by atoms with van der Waals surface area (Å²) in [6, 6.07) is 0. The zero-order valence-corrected chi connectivity index (χ0v) is 8.66. The van der Waals surface area contributed by atoms with Crippen LogP contribution in [0.15, 0.2) is 0 Å². The second-order valence-corrected chi connectivity index (χ2v) is 5.74. The van der Waals surface area contributed by atoms with Gasteiger partial charge in [-0.3, -0.25) is 4.79 Å². The van der Waals surface area contributed by atoms with E-state index in [4.69, 9.17) is 9.47 Å². The fourth-order valence-corrected chi connectivity index (χ4v) is 4.44. The molecule has 4 aliphatic rings. The van der Waals surface area contributed by atoms with Gasteiger partial charge in [-0.25, -0.2) is 0 Å². The molecule has 2 aliphatic heterocycles. The van der Waals surface area contributed by atoms with Crippen LogP contribution in [0.25, 0.3) is 0 Å². The van der Waals surface area contributed by atoms with E-state index in [1.807, 2.05) is 0 Å². The van der Waals surface area contributed by atoms with E-state index < -0.39 is 11.7 Å². The molecule has 0 aromatic carbocycles. The molecule has 4 nitrogen and oxygen atoms in total. The molecular weight excluding hydrogens is 196 g/mol. The Bertz CT molecular complexity index is 373. The second kappa shape index (κ2) is 1.96. The molecule has 0 amide bonds. The van der Waals surface area contributed by atoms with Gasteiger partial charge in [0.2, 0.25) is 0 Å². The van der Waals surface area contributed by atoms with Crippen molar-refractivity contribution < 1.29 is 19.4 Å². The number of hydrogen-bond acceptors (Lipinski definition) is 4. The van der Waals surface area contributed by atoms with Crippen molar-refractivity contribution in [1.82, 2.24) is 0 Å². The van der Waals surface area contributed by atoms with Crippen LogP contribution in [-0.2, 0) is 14.3 Å². The summed E-state index contributed by atoms with van der Waals surface area (Å²) in [5.74, 6) is -0.161. The van der Waals surface area contributed by atoms with E-state index in [0.29, 0.717) is 6.42 Å². The molecule has 1 N–H and O–H groups in total. The number of esters is 1. The van der Waals surface area contributed by atoms with E-state index in [0.717, 1.165) is 19.3 Å². The van der Waals surface area contributed by atoms with Gasteiger partial charge in [0.15, 0.2) is 0 Å². The lowest BCUT2D eigenvalue weighted by Gasteiger charge is -2.34. The smallest absolute Gasteiger partial charge is 0.307 e. The van der Waals surface area contributed by atoms with Gasteiger partial charge in [-0.2, -0.15) is 0 Å². The first kappa shape index (κ1) is 8.53. The average molecular weight is 210 g/mol. The van der Waals surface area contributed by atoms with Gasteiger partial charge < -0.3 is 14.6 Å². The number of ether oxygens (including phenoxy) is 2. The maximum Gasteiger partial charge on any atom is 0.307 e. The molecule has 0 spiro atoms. The van der Waals surface area contributed by atoms with E-state index in [1.54, 1.807) is 0 Å². The van der Waals surface area contributed by atoms with Crippen molar-refractivity contribution in [1.29, 1.82) is 0 Å². The minimum atomic E-state index is -0.488. The third-order valence-corrected chi connectivity index (χ3v) is 5.00.